The molecular weight excluding hydrogens is 394 g/mol. The van der Waals surface area contributed by atoms with Crippen molar-refractivity contribution in [2.75, 3.05) is 6.26 Å². The second kappa shape index (κ2) is 9.26. The Hall–Kier alpha value is -2.26. The largest absolute Gasteiger partial charge is 0.333 e. The summed E-state index contributed by atoms with van der Waals surface area (Å²) < 4.78 is 1.46. The Morgan fingerprint density at radius 3 is 2.20 bits per heavy atom. The van der Waals surface area contributed by atoms with Crippen LogP contribution >= 0.6 is 11.8 Å². The van der Waals surface area contributed by atoms with E-state index >= 15 is 0 Å². The lowest BCUT2D eigenvalue weighted by Crippen LogP contribution is -2.49. The number of rotatable bonds is 4. The van der Waals surface area contributed by atoms with Crippen molar-refractivity contribution in [2.24, 2.45) is 0 Å². The van der Waals surface area contributed by atoms with Gasteiger partial charge in [-0.2, -0.15) is 5.26 Å². The van der Waals surface area contributed by atoms with Gasteiger partial charge in [-0.1, -0.05) is 44.6 Å². The van der Waals surface area contributed by atoms with Gasteiger partial charge in [0.05, 0.1) is 11.1 Å². The Morgan fingerprint density at radius 2 is 1.67 bits per heavy atom. The highest BCUT2D eigenvalue weighted by Gasteiger charge is 2.35. The van der Waals surface area contributed by atoms with Gasteiger partial charge in [0.2, 0.25) is 0 Å². The fourth-order valence-corrected chi connectivity index (χ4v) is 6.00. The van der Waals surface area contributed by atoms with E-state index in [1.54, 1.807) is 12.3 Å². The average Bonchev–Trinajstić information content (AvgIpc) is 2.80. The van der Waals surface area contributed by atoms with Crippen molar-refractivity contribution in [2.45, 2.75) is 81.2 Å². The van der Waals surface area contributed by atoms with E-state index in [2.05, 4.69) is 11.0 Å². The second-order valence-corrected chi connectivity index (χ2v) is 9.27. The first-order valence-corrected chi connectivity index (χ1v) is 12.3. The van der Waals surface area contributed by atoms with Crippen molar-refractivity contribution in [1.82, 2.24) is 9.30 Å². The van der Waals surface area contributed by atoms with Crippen molar-refractivity contribution in [3.8, 4) is 6.07 Å². The maximum Gasteiger partial charge on any atom is 0.274 e. The number of fused-ring (bicyclic) bond motifs is 1. The number of amides is 1. The van der Waals surface area contributed by atoms with Gasteiger partial charge in [-0.3, -0.25) is 14.0 Å². The van der Waals surface area contributed by atoms with Crippen molar-refractivity contribution < 1.29 is 4.79 Å². The predicted molar refractivity (Wildman–Crippen MR) is 120 cm³/mol. The minimum absolute atomic E-state index is 0.00153. The number of hydrogen-bond donors (Lipinski definition) is 0. The summed E-state index contributed by atoms with van der Waals surface area (Å²) in [5, 5.41) is 9.73. The molecule has 0 spiro atoms. The summed E-state index contributed by atoms with van der Waals surface area (Å²) in [7, 11) is 0. The van der Waals surface area contributed by atoms with Gasteiger partial charge in [0.15, 0.2) is 0 Å². The van der Waals surface area contributed by atoms with Crippen LogP contribution in [0.4, 0.5) is 0 Å². The van der Waals surface area contributed by atoms with Crippen LogP contribution in [0, 0.1) is 11.3 Å². The molecule has 2 heterocycles. The molecule has 2 fully saturated rings. The summed E-state index contributed by atoms with van der Waals surface area (Å²) in [6.07, 6.45) is 14.8. The first-order chi connectivity index (χ1) is 14.7. The van der Waals surface area contributed by atoms with Gasteiger partial charge < -0.3 is 4.90 Å². The van der Waals surface area contributed by atoms with E-state index in [1.807, 2.05) is 18.4 Å². The standard InChI is InChI=1S/C24H29N3O2S/c1-30-22-19(16-25)23(28)26-15-9-8-14-20(26)21(22)24(29)27(17-10-4-2-5-11-17)18-12-6-3-7-13-18/h8-9,14-15,17-18H,2-7,10-13H2,1H3. The van der Waals surface area contributed by atoms with Gasteiger partial charge >= 0.3 is 0 Å². The molecule has 0 bridgehead atoms. The lowest BCUT2D eigenvalue weighted by atomic mass is 9.88. The van der Waals surface area contributed by atoms with Crippen LogP contribution in [0.15, 0.2) is 34.1 Å². The zero-order chi connectivity index (χ0) is 21.1. The normalized spacial score (nSPS) is 18.3. The summed E-state index contributed by atoms with van der Waals surface area (Å²) in [6.45, 7) is 0. The number of aromatic nitrogens is 1. The number of nitrogens with zero attached hydrogens (tertiary/aromatic N) is 3. The van der Waals surface area contributed by atoms with E-state index < -0.39 is 0 Å². The van der Waals surface area contributed by atoms with E-state index in [9.17, 15) is 14.9 Å². The van der Waals surface area contributed by atoms with E-state index in [0.717, 1.165) is 51.4 Å². The van der Waals surface area contributed by atoms with E-state index in [1.165, 1.54) is 29.0 Å². The molecule has 1 amide bonds. The second-order valence-electron chi connectivity index (χ2n) is 8.45. The fourth-order valence-electron chi connectivity index (χ4n) is 5.27. The molecule has 0 radical (unpaired) electrons. The van der Waals surface area contributed by atoms with Gasteiger partial charge in [-0.15, -0.1) is 11.8 Å². The van der Waals surface area contributed by atoms with E-state index in [-0.39, 0.29) is 29.1 Å². The molecule has 2 saturated carbocycles. The summed E-state index contributed by atoms with van der Waals surface area (Å²) in [5.41, 5.74) is 0.848. The van der Waals surface area contributed by atoms with Crippen LogP contribution in [0.2, 0.25) is 0 Å². The molecule has 6 heteroatoms. The Balaban J connectivity index is 1.90. The summed E-state index contributed by atoms with van der Waals surface area (Å²) in [4.78, 5) is 29.8. The molecule has 2 aliphatic rings. The van der Waals surface area contributed by atoms with Gasteiger partial charge in [0, 0.05) is 23.2 Å². The maximum absolute atomic E-state index is 14.2. The lowest BCUT2D eigenvalue weighted by Gasteiger charge is -2.42. The van der Waals surface area contributed by atoms with Gasteiger partial charge in [-0.25, -0.2) is 0 Å². The third-order valence-corrected chi connectivity index (χ3v) is 7.52. The minimum Gasteiger partial charge on any atom is -0.333 e. The average molecular weight is 424 g/mol. The third kappa shape index (κ3) is 3.76. The molecule has 2 aromatic rings. The summed E-state index contributed by atoms with van der Waals surface area (Å²) in [5.74, 6) is -0.00153. The smallest absolute Gasteiger partial charge is 0.274 e. The van der Waals surface area contributed by atoms with Crippen molar-refractivity contribution in [3.63, 3.8) is 0 Å². The molecule has 2 aliphatic carbocycles. The van der Waals surface area contributed by atoms with Crippen LogP contribution in [0.5, 0.6) is 0 Å². The first kappa shape index (κ1) is 21.0. The van der Waals surface area contributed by atoms with Crippen LogP contribution in [0.25, 0.3) is 5.52 Å². The van der Waals surface area contributed by atoms with Crippen LogP contribution in [-0.4, -0.2) is 33.5 Å². The highest BCUT2D eigenvalue weighted by molar-refractivity contribution is 7.98. The van der Waals surface area contributed by atoms with E-state index in [0.29, 0.717) is 16.0 Å². The lowest BCUT2D eigenvalue weighted by molar-refractivity contribution is 0.0446. The van der Waals surface area contributed by atoms with E-state index in [4.69, 9.17) is 0 Å². The van der Waals surface area contributed by atoms with Gasteiger partial charge in [0.1, 0.15) is 11.6 Å². The molecule has 0 N–H and O–H groups in total. The minimum atomic E-state index is -0.351. The van der Waals surface area contributed by atoms with Crippen LogP contribution in [-0.2, 0) is 0 Å². The Morgan fingerprint density at radius 1 is 1.07 bits per heavy atom. The Kier molecular flexibility index (Phi) is 6.48. The molecule has 0 aromatic carbocycles. The van der Waals surface area contributed by atoms with Crippen LogP contribution in [0.3, 0.4) is 0 Å². The summed E-state index contributed by atoms with van der Waals surface area (Å²) in [6, 6.07) is 8.03. The highest BCUT2D eigenvalue weighted by Crippen LogP contribution is 2.34. The van der Waals surface area contributed by atoms with Crippen molar-refractivity contribution in [3.05, 3.63) is 45.9 Å². The monoisotopic (exact) mass is 423 g/mol. The molecule has 0 saturated heterocycles. The number of hydrogen-bond acceptors (Lipinski definition) is 4. The molecule has 30 heavy (non-hydrogen) atoms. The maximum atomic E-state index is 14.2. The number of nitriles is 1. The third-order valence-electron chi connectivity index (χ3n) is 6.70. The molecular formula is C24H29N3O2S. The van der Waals surface area contributed by atoms with Gasteiger partial charge in [-0.05, 0) is 44.1 Å². The van der Waals surface area contributed by atoms with Crippen molar-refractivity contribution in [1.29, 1.82) is 5.26 Å². The van der Waals surface area contributed by atoms with Crippen LogP contribution < -0.4 is 5.56 Å². The number of thioether (sulfide) groups is 1. The zero-order valence-electron chi connectivity index (χ0n) is 17.6. The van der Waals surface area contributed by atoms with Gasteiger partial charge in [0.25, 0.3) is 11.5 Å². The number of pyridine rings is 2. The molecule has 0 atom stereocenters. The Bertz CT molecular complexity index is 1010. The molecule has 0 aliphatic heterocycles. The molecule has 0 unspecified atom stereocenters. The molecule has 4 rings (SSSR count). The molecule has 158 valence electrons. The summed E-state index contributed by atoms with van der Waals surface area (Å²) >= 11 is 1.33. The predicted octanol–water partition coefficient (Wildman–Crippen LogP) is 5.00. The topological polar surface area (TPSA) is 65.6 Å². The van der Waals surface area contributed by atoms with Crippen LogP contribution in [0.1, 0.15) is 80.1 Å². The Labute approximate surface area is 182 Å². The number of carbonyl (C=O) groups excluding carboxylic acids is 1. The zero-order valence-corrected chi connectivity index (χ0v) is 18.4. The molecule has 2 aromatic heterocycles. The van der Waals surface area contributed by atoms with Crippen molar-refractivity contribution >= 4 is 23.2 Å². The highest BCUT2D eigenvalue weighted by atomic mass is 32.2. The first-order valence-electron chi connectivity index (χ1n) is 11.1. The quantitative estimate of drug-likeness (QED) is 0.649. The SMILES string of the molecule is CSc1c(C#N)c(=O)n2ccccc2c1C(=O)N(C1CCCCC1)C1CCCCC1. The molecule has 5 nitrogen and oxygen atoms in total. The number of carbonyl (C=O) groups is 1. The fraction of sp³-hybridized carbons (Fsp3) is 0.542.